The lowest BCUT2D eigenvalue weighted by atomic mass is 10.1. The molecule has 0 aliphatic heterocycles. The van der Waals surface area contributed by atoms with Crippen molar-refractivity contribution in [2.75, 3.05) is 13.2 Å². The number of halogens is 2. The van der Waals surface area contributed by atoms with Gasteiger partial charge in [0.15, 0.2) is 0 Å². The van der Waals surface area contributed by atoms with Gasteiger partial charge in [0, 0.05) is 24.2 Å². The number of rotatable bonds is 6. The topological polar surface area (TPSA) is 21.3 Å². The van der Waals surface area contributed by atoms with Gasteiger partial charge in [-0.15, -0.1) is 0 Å². The van der Waals surface area contributed by atoms with E-state index in [4.69, 9.17) is 4.74 Å². The maximum Gasteiger partial charge on any atom is 0.130 e. The third kappa shape index (κ3) is 4.79. The minimum atomic E-state index is -0.554. The summed E-state index contributed by atoms with van der Waals surface area (Å²) in [4.78, 5) is 0. The van der Waals surface area contributed by atoms with E-state index in [0.717, 1.165) is 6.07 Å². The van der Waals surface area contributed by atoms with Gasteiger partial charge in [0.25, 0.3) is 0 Å². The van der Waals surface area contributed by atoms with Crippen LogP contribution in [0.1, 0.15) is 32.4 Å². The normalized spacial score (nSPS) is 13.1. The van der Waals surface area contributed by atoms with Crippen LogP contribution < -0.4 is 5.32 Å². The maximum absolute atomic E-state index is 13.4. The van der Waals surface area contributed by atoms with Crippen LogP contribution in [-0.4, -0.2) is 19.3 Å². The first kappa shape index (κ1) is 14.1. The van der Waals surface area contributed by atoms with E-state index < -0.39 is 11.6 Å². The highest BCUT2D eigenvalue weighted by Crippen LogP contribution is 2.17. The molecule has 1 unspecified atom stereocenters. The minimum absolute atomic E-state index is 0.161. The molecule has 0 heterocycles. The van der Waals surface area contributed by atoms with Crippen LogP contribution in [0, 0.1) is 11.6 Å². The Hall–Kier alpha value is -1.00. The molecule has 0 fully saturated rings. The molecule has 1 atom stereocenters. The molecule has 4 heteroatoms. The lowest BCUT2D eigenvalue weighted by Gasteiger charge is -2.15. The molecule has 1 aromatic carbocycles. The highest BCUT2D eigenvalue weighted by molar-refractivity contribution is 5.21. The van der Waals surface area contributed by atoms with Crippen LogP contribution in [0.15, 0.2) is 18.2 Å². The molecular weight excluding hydrogens is 224 g/mol. The SMILES string of the molecule is CC(C)OCCNC(C)c1ccc(F)cc1F. The van der Waals surface area contributed by atoms with Gasteiger partial charge in [0.05, 0.1) is 12.7 Å². The summed E-state index contributed by atoms with van der Waals surface area (Å²) >= 11 is 0. The Morgan fingerprint density at radius 2 is 1.94 bits per heavy atom. The average molecular weight is 243 g/mol. The quantitative estimate of drug-likeness (QED) is 0.775. The number of hydrogen-bond acceptors (Lipinski definition) is 2. The summed E-state index contributed by atoms with van der Waals surface area (Å²) in [6, 6.07) is 3.47. The van der Waals surface area contributed by atoms with Crippen LogP contribution in [0.2, 0.25) is 0 Å². The van der Waals surface area contributed by atoms with E-state index in [2.05, 4.69) is 5.32 Å². The van der Waals surface area contributed by atoms with Gasteiger partial charge in [0.1, 0.15) is 11.6 Å². The summed E-state index contributed by atoms with van der Waals surface area (Å²) in [7, 11) is 0. The highest BCUT2D eigenvalue weighted by atomic mass is 19.1. The smallest absolute Gasteiger partial charge is 0.130 e. The Morgan fingerprint density at radius 1 is 1.24 bits per heavy atom. The Kier molecular flexibility index (Phi) is 5.51. The molecule has 0 aliphatic rings. The van der Waals surface area contributed by atoms with E-state index in [-0.39, 0.29) is 12.1 Å². The van der Waals surface area contributed by atoms with E-state index in [9.17, 15) is 8.78 Å². The first-order valence-electron chi connectivity index (χ1n) is 5.80. The molecule has 0 spiro atoms. The molecule has 96 valence electrons. The summed E-state index contributed by atoms with van der Waals surface area (Å²) in [6.07, 6.45) is 0.190. The highest BCUT2D eigenvalue weighted by Gasteiger charge is 2.10. The lowest BCUT2D eigenvalue weighted by Crippen LogP contribution is -2.25. The Morgan fingerprint density at radius 3 is 2.53 bits per heavy atom. The minimum Gasteiger partial charge on any atom is -0.377 e. The van der Waals surface area contributed by atoms with Gasteiger partial charge in [-0.3, -0.25) is 0 Å². The first-order valence-corrected chi connectivity index (χ1v) is 5.80. The van der Waals surface area contributed by atoms with Crippen LogP contribution in [0.5, 0.6) is 0 Å². The largest absolute Gasteiger partial charge is 0.377 e. The van der Waals surface area contributed by atoms with Gasteiger partial charge in [-0.1, -0.05) is 6.07 Å². The molecule has 0 aliphatic carbocycles. The predicted octanol–water partition coefficient (Wildman–Crippen LogP) is 3.04. The number of hydrogen-bond donors (Lipinski definition) is 1. The van der Waals surface area contributed by atoms with Crippen LogP contribution in [0.4, 0.5) is 8.78 Å². The second-order valence-corrected chi connectivity index (χ2v) is 4.26. The molecule has 0 aromatic heterocycles. The van der Waals surface area contributed by atoms with Crippen molar-refractivity contribution >= 4 is 0 Å². The molecule has 1 aromatic rings. The molecule has 0 radical (unpaired) electrons. The molecule has 17 heavy (non-hydrogen) atoms. The Balaban J connectivity index is 2.44. The maximum atomic E-state index is 13.4. The van der Waals surface area contributed by atoms with Crippen molar-refractivity contribution < 1.29 is 13.5 Å². The van der Waals surface area contributed by atoms with E-state index in [1.165, 1.54) is 12.1 Å². The second-order valence-electron chi connectivity index (χ2n) is 4.26. The van der Waals surface area contributed by atoms with Crippen LogP contribution in [0.3, 0.4) is 0 Å². The van der Waals surface area contributed by atoms with Crippen molar-refractivity contribution in [3.63, 3.8) is 0 Å². The summed E-state index contributed by atoms with van der Waals surface area (Å²) in [6.45, 7) is 6.97. The van der Waals surface area contributed by atoms with Crippen molar-refractivity contribution in [2.45, 2.75) is 32.9 Å². The average Bonchev–Trinajstić information content (AvgIpc) is 2.23. The molecular formula is C13H19F2NO. The molecule has 1 rings (SSSR count). The van der Waals surface area contributed by atoms with Crippen LogP contribution in [-0.2, 0) is 4.74 Å². The molecule has 0 bridgehead atoms. The summed E-state index contributed by atoms with van der Waals surface area (Å²) in [5.41, 5.74) is 0.468. The van der Waals surface area contributed by atoms with Gasteiger partial charge in [-0.25, -0.2) is 8.78 Å². The standard InChI is InChI=1S/C13H19F2NO/c1-9(2)17-7-6-16-10(3)12-5-4-11(14)8-13(12)15/h4-5,8-10,16H,6-7H2,1-3H3. The fourth-order valence-corrected chi connectivity index (χ4v) is 1.53. The number of nitrogens with one attached hydrogen (secondary N) is 1. The van der Waals surface area contributed by atoms with E-state index >= 15 is 0 Å². The molecule has 0 saturated carbocycles. The zero-order valence-corrected chi connectivity index (χ0v) is 10.5. The Labute approximate surface area is 101 Å². The zero-order chi connectivity index (χ0) is 12.8. The Bertz CT molecular complexity index is 355. The fraction of sp³-hybridized carbons (Fsp3) is 0.538. The molecule has 0 saturated heterocycles. The number of ether oxygens (including phenoxy) is 1. The van der Waals surface area contributed by atoms with Gasteiger partial charge in [-0.2, -0.15) is 0 Å². The van der Waals surface area contributed by atoms with Gasteiger partial charge < -0.3 is 10.1 Å². The van der Waals surface area contributed by atoms with Crippen molar-refractivity contribution in [1.29, 1.82) is 0 Å². The zero-order valence-electron chi connectivity index (χ0n) is 10.5. The third-order valence-electron chi connectivity index (χ3n) is 2.43. The van der Waals surface area contributed by atoms with Gasteiger partial charge >= 0.3 is 0 Å². The van der Waals surface area contributed by atoms with Crippen molar-refractivity contribution in [3.8, 4) is 0 Å². The first-order chi connectivity index (χ1) is 8.00. The summed E-state index contributed by atoms with van der Waals surface area (Å²) in [5, 5.41) is 3.13. The van der Waals surface area contributed by atoms with E-state index in [0.29, 0.717) is 18.7 Å². The number of benzene rings is 1. The van der Waals surface area contributed by atoms with Gasteiger partial charge in [0.2, 0.25) is 0 Å². The molecule has 2 nitrogen and oxygen atoms in total. The monoisotopic (exact) mass is 243 g/mol. The van der Waals surface area contributed by atoms with E-state index in [1.54, 1.807) is 0 Å². The van der Waals surface area contributed by atoms with Crippen molar-refractivity contribution in [3.05, 3.63) is 35.4 Å². The van der Waals surface area contributed by atoms with Crippen LogP contribution in [0.25, 0.3) is 0 Å². The second kappa shape index (κ2) is 6.67. The molecule has 0 amide bonds. The van der Waals surface area contributed by atoms with Crippen LogP contribution >= 0.6 is 0 Å². The van der Waals surface area contributed by atoms with Crippen molar-refractivity contribution in [2.24, 2.45) is 0 Å². The van der Waals surface area contributed by atoms with E-state index in [1.807, 2.05) is 20.8 Å². The van der Waals surface area contributed by atoms with Gasteiger partial charge in [-0.05, 0) is 26.8 Å². The summed E-state index contributed by atoms with van der Waals surface area (Å²) in [5.74, 6) is -1.07. The van der Waals surface area contributed by atoms with Crippen molar-refractivity contribution in [1.82, 2.24) is 5.32 Å². The predicted molar refractivity (Wildman–Crippen MR) is 63.9 cm³/mol. The molecule has 1 N–H and O–H groups in total. The summed E-state index contributed by atoms with van der Waals surface area (Å²) < 4.78 is 31.5. The fourth-order valence-electron chi connectivity index (χ4n) is 1.53. The third-order valence-corrected chi connectivity index (χ3v) is 2.43. The lowest BCUT2D eigenvalue weighted by molar-refractivity contribution is 0.0795.